The molecule has 1 rings (SSSR count). The minimum Gasteiger partial charge on any atom is -0.384 e. The molecule has 4 nitrogen and oxygen atoms in total. The molecule has 0 atom stereocenters. The van der Waals surface area contributed by atoms with Crippen LogP contribution in [0.2, 0.25) is 0 Å². The van der Waals surface area contributed by atoms with Crippen LogP contribution in [0.4, 0.5) is 0 Å². The number of carbonyl (C=O) groups is 2. The van der Waals surface area contributed by atoms with Crippen molar-refractivity contribution in [3.8, 4) is 0 Å². The van der Waals surface area contributed by atoms with Gasteiger partial charge in [-0.05, 0) is 11.6 Å². The molecule has 0 heterocycles. The molecule has 4 heteroatoms. The zero-order chi connectivity index (χ0) is 13.4. The molecule has 0 unspecified atom stereocenters. The molecule has 0 saturated heterocycles. The van der Waals surface area contributed by atoms with Gasteiger partial charge in [0.15, 0.2) is 6.29 Å². The summed E-state index contributed by atoms with van der Waals surface area (Å²) in [6.45, 7) is 0.348. The van der Waals surface area contributed by atoms with Gasteiger partial charge in [-0.25, -0.2) is 0 Å². The Labute approximate surface area is 107 Å². The summed E-state index contributed by atoms with van der Waals surface area (Å²) >= 11 is 0. The van der Waals surface area contributed by atoms with E-state index in [0.29, 0.717) is 18.6 Å². The number of likely N-dealkylation sites (N-methyl/N-ethyl adjacent to an activating group) is 1. The van der Waals surface area contributed by atoms with Crippen LogP contribution in [0.3, 0.4) is 0 Å². The second-order valence-corrected chi connectivity index (χ2v) is 3.79. The summed E-state index contributed by atoms with van der Waals surface area (Å²) in [6, 6.07) is 9.39. The van der Waals surface area contributed by atoms with E-state index in [9.17, 15) is 9.59 Å². The lowest BCUT2D eigenvalue weighted by molar-refractivity contribution is -0.130. The molecule has 0 aliphatic heterocycles. The van der Waals surface area contributed by atoms with Gasteiger partial charge in [0.2, 0.25) is 5.91 Å². The van der Waals surface area contributed by atoms with Crippen molar-refractivity contribution in [1.82, 2.24) is 4.90 Å². The Balaban J connectivity index is 2.80. The molecule has 0 aliphatic carbocycles. The molecule has 0 spiro atoms. The van der Waals surface area contributed by atoms with E-state index in [4.69, 9.17) is 4.74 Å². The van der Waals surface area contributed by atoms with Crippen LogP contribution in [0.1, 0.15) is 12.0 Å². The Hall–Kier alpha value is -1.94. The zero-order valence-corrected chi connectivity index (χ0v) is 10.6. The van der Waals surface area contributed by atoms with Gasteiger partial charge in [0, 0.05) is 14.2 Å². The van der Waals surface area contributed by atoms with Crippen LogP contribution < -0.4 is 0 Å². The number of amides is 1. The molecular formula is C14H17NO3. The van der Waals surface area contributed by atoms with E-state index in [1.165, 1.54) is 12.0 Å². The molecule has 0 aromatic heterocycles. The first-order valence-corrected chi connectivity index (χ1v) is 5.66. The first-order chi connectivity index (χ1) is 8.69. The summed E-state index contributed by atoms with van der Waals surface area (Å²) in [5.74, 6) is -0.147. The highest BCUT2D eigenvalue weighted by Crippen LogP contribution is 2.09. The van der Waals surface area contributed by atoms with E-state index < -0.39 is 0 Å². The highest BCUT2D eigenvalue weighted by Gasteiger charge is 2.12. The molecule has 1 amide bonds. The van der Waals surface area contributed by atoms with E-state index in [0.717, 1.165) is 5.56 Å². The van der Waals surface area contributed by atoms with Gasteiger partial charge in [0.25, 0.3) is 0 Å². The van der Waals surface area contributed by atoms with Crippen LogP contribution in [-0.4, -0.2) is 37.9 Å². The molecule has 1 aromatic carbocycles. The lowest BCUT2D eigenvalue weighted by Crippen LogP contribution is -2.27. The number of nitrogens with zero attached hydrogens (tertiary/aromatic N) is 1. The van der Waals surface area contributed by atoms with Crippen molar-refractivity contribution >= 4 is 18.3 Å². The van der Waals surface area contributed by atoms with Crippen LogP contribution in [0.25, 0.3) is 6.08 Å². The second kappa shape index (κ2) is 7.40. The predicted octanol–water partition coefficient (Wildman–Crippen LogP) is 1.72. The third kappa shape index (κ3) is 4.14. The van der Waals surface area contributed by atoms with Crippen LogP contribution in [0.15, 0.2) is 36.0 Å². The van der Waals surface area contributed by atoms with Gasteiger partial charge in [-0.3, -0.25) is 9.59 Å². The van der Waals surface area contributed by atoms with E-state index in [2.05, 4.69) is 0 Å². The Bertz CT molecular complexity index is 426. The normalized spacial score (nSPS) is 11.1. The second-order valence-electron chi connectivity index (χ2n) is 3.79. The zero-order valence-electron chi connectivity index (χ0n) is 10.6. The van der Waals surface area contributed by atoms with Crippen molar-refractivity contribution in [3.63, 3.8) is 0 Å². The summed E-state index contributed by atoms with van der Waals surface area (Å²) < 4.78 is 4.84. The maximum atomic E-state index is 11.7. The predicted molar refractivity (Wildman–Crippen MR) is 69.7 cm³/mol. The van der Waals surface area contributed by atoms with E-state index in [1.54, 1.807) is 13.1 Å². The molecule has 0 saturated carbocycles. The topological polar surface area (TPSA) is 46.6 Å². The summed E-state index contributed by atoms with van der Waals surface area (Å²) in [7, 11) is 3.12. The molecule has 96 valence electrons. The minimum absolute atomic E-state index is 0.147. The Morgan fingerprint density at radius 1 is 1.33 bits per heavy atom. The van der Waals surface area contributed by atoms with E-state index in [-0.39, 0.29) is 12.3 Å². The van der Waals surface area contributed by atoms with Gasteiger partial charge >= 0.3 is 0 Å². The minimum atomic E-state index is -0.147. The molecule has 18 heavy (non-hydrogen) atoms. The summed E-state index contributed by atoms with van der Waals surface area (Å²) in [4.78, 5) is 24.1. The maximum Gasteiger partial charge on any atom is 0.229 e. The van der Waals surface area contributed by atoms with E-state index >= 15 is 0 Å². The van der Waals surface area contributed by atoms with Crippen molar-refractivity contribution in [2.75, 3.05) is 20.8 Å². The van der Waals surface area contributed by atoms with Gasteiger partial charge in [-0.15, -0.1) is 0 Å². The number of rotatable bonds is 6. The lowest BCUT2D eigenvalue weighted by atomic mass is 10.2. The smallest absolute Gasteiger partial charge is 0.229 e. The van der Waals surface area contributed by atoms with Crippen LogP contribution in [0, 0.1) is 0 Å². The van der Waals surface area contributed by atoms with Crippen molar-refractivity contribution in [3.05, 3.63) is 41.6 Å². The van der Waals surface area contributed by atoms with Gasteiger partial charge in [-0.2, -0.15) is 0 Å². The number of allylic oxidation sites excluding steroid dienone is 1. The van der Waals surface area contributed by atoms with Crippen LogP contribution >= 0.6 is 0 Å². The summed E-state index contributed by atoms with van der Waals surface area (Å²) in [5.41, 5.74) is 1.22. The van der Waals surface area contributed by atoms with Crippen molar-refractivity contribution in [2.24, 2.45) is 0 Å². The Morgan fingerprint density at radius 2 is 2.00 bits per heavy atom. The fourth-order valence-electron chi connectivity index (χ4n) is 1.43. The molecule has 0 N–H and O–H groups in total. The summed E-state index contributed by atoms with van der Waals surface area (Å²) in [6.07, 6.45) is 2.61. The lowest BCUT2D eigenvalue weighted by Gasteiger charge is -2.16. The van der Waals surface area contributed by atoms with Gasteiger partial charge in [-0.1, -0.05) is 30.3 Å². The SMILES string of the molecule is COCCC(=O)N(C)C(C=O)=Cc1ccccc1. The number of methoxy groups -OCH3 is 1. The van der Waals surface area contributed by atoms with E-state index in [1.807, 2.05) is 30.3 Å². The van der Waals surface area contributed by atoms with Crippen molar-refractivity contribution in [2.45, 2.75) is 6.42 Å². The fraction of sp³-hybridized carbons (Fsp3) is 0.286. The number of carbonyl (C=O) groups excluding carboxylic acids is 2. The highest BCUT2D eigenvalue weighted by atomic mass is 16.5. The fourth-order valence-corrected chi connectivity index (χ4v) is 1.43. The number of benzene rings is 1. The number of hydrogen-bond donors (Lipinski definition) is 0. The first-order valence-electron chi connectivity index (χ1n) is 5.66. The first kappa shape index (κ1) is 14.1. The van der Waals surface area contributed by atoms with Crippen LogP contribution in [-0.2, 0) is 14.3 Å². The van der Waals surface area contributed by atoms with Crippen molar-refractivity contribution < 1.29 is 14.3 Å². The Morgan fingerprint density at radius 3 is 2.56 bits per heavy atom. The maximum absolute atomic E-state index is 11.7. The third-order valence-corrected chi connectivity index (χ3v) is 2.52. The standard InChI is InChI=1S/C14H17NO3/c1-15(14(17)8-9-18-2)13(11-16)10-12-6-4-3-5-7-12/h3-7,10-11H,8-9H2,1-2H3. The highest BCUT2D eigenvalue weighted by molar-refractivity contribution is 5.89. The quantitative estimate of drug-likeness (QED) is 0.568. The molecule has 1 aromatic rings. The third-order valence-electron chi connectivity index (χ3n) is 2.52. The Kier molecular flexibility index (Phi) is 5.80. The molecule has 0 fully saturated rings. The van der Waals surface area contributed by atoms with Gasteiger partial charge < -0.3 is 9.64 Å². The van der Waals surface area contributed by atoms with Gasteiger partial charge in [0.1, 0.15) is 0 Å². The molecule has 0 aliphatic rings. The largest absolute Gasteiger partial charge is 0.384 e. The molecule has 0 radical (unpaired) electrons. The summed E-state index contributed by atoms with van der Waals surface area (Å²) in [5, 5.41) is 0. The number of hydrogen-bond acceptors (Lipinski definition) is 3. The monoisotopic (exact) mass is 247 g/mol. The number of ether oxygens (including phenoxy) is 1. The average molecular weight is 247 g/mol. The van der Waals surface area contributed by atoms with Gasteiger partial charge in [0.05, 0.1) is 18.7 Å². The average Bonchev–Trinajstić information content (AvgIpc) is 2.42. The van der Waals surface area contributed by atoms with Crippen LogP contribution in [0.5, 0.6) is 0 Å². The van der Waals surface area contributed by atoms with Crippen molar-refractivity contribution in [1.29, 1.82) is 0 Å². The molecule has 0 bridgehead atoms. The number of aldehydes is 1. The molecular weight excluding hydrogens is 230 g/mol.